The molecule has 6 heteroatoms. The number of rotatable bonds is 7. The number of nitrogens with one attached hydrogen (secondary N) is 2. The lowest BCUT2D eigenvalue weighted by atomic mass is 10.1. The lowest BCUT2D eigenvalue weighted by Crippen LogP contribution is -2.25. The fourth-order valence-corrected chi connectivity index (χ4v) is 1.99. The maximum Gasteiger partial charge on any atom is 0.251 e. The van der Waals surface area contributed by atoms with E-state index in [1.54, 1.807) is 24.7 Å². The Morgan fingerprint density at radius 2 is 1.95 bits per heavy atom. The minimum atomic E-state index is -0.0864. The molecule has 0 radical (unpaired) electrons. The second kappa shape index (κ2) is 7.97. The van der Waals surface area contributed by atoms with Crippen LogP contribution in [0, 0.1) is 0 Å². The van der Waals surface area contributed by atoms with Gasteiger partial charge in [0.25, 0.3) is 5.91 Å². The molecule has 0 saturated heterocycles. The Labute approximate surface area is 129 Å². The summed E-state index contributed by atoms with van der Waals surface area (Å²) in [6, 6.07) is 7.22. The molecule has 6 nitrogen and oxygen atoms in total. The van der Waals surface area contributed by atoms with Crippen LogP contribution in [0.4, 0.5) is 0 Å². The first-order chi connectivity index (χ1) is 10.6. The van der Waals surface area contributed by atoms with Crippen LogP contribution < -0.4 is 10.6 Å². The third-order valence-corrected chi connectivity index (χ3v) is 3.20. The summed E-state index contributed by atoms with van der Waals surface area (Å²) >= 11 is 0. The lowest BCUT2D eigenvalue weighted by Gasteiger charge is -2.07. The van der Waals surface area contributed by atoms with Crippen LogP contribution in [0.2, 0.25) is 0 Å². The van der Waals surface area contributed by atoms with Crippen LogP contribution in [-0.4, -0.2) is 27.9 Å². The van der Waals surface area contributed by atoms with Gasteiger partial charge in [-0.25, -0.2) is 4.98 Å². The van der Waals surface area contributed by atoms with E-state index in [0.29, 0.717) is 18.7 Å². The molecule has 1 heterocycles. The van der Waals surface area contributed by atoms with E-state index >= 15 is 0 Å². The van der Waals surface area contributed by atoms with Gasteiger partial charge in [0.05, 0.1) is 6.33 Å². The summed E-state index contributed by atoms with van der Waals surface area (Å²) in [6.07, 6.45) is 6.25. The van der Waals surface area contributed by atoms with Gasteiger partial charge in [0, 0.05) is 44.5 Å². The van der Waals surface area contributed by atoms with Crippen LogP contribution in [0.15, 0.2) is 43.0 Å². The first-order valence-electron chi connectivity index (χ1n) is 7.22. The Balaban J connectivity index is 1.73. The molecule has 1 aromatic heterocycles. The molecule has 22 heavy (non-hydrogen) atoms. The van der Waals surface area contributed by atoms with Crippen LogP contribution >= 0.6 is 0 Å². The van der Waals surface area contributed by atoms with Gasteiger partial charge >= 0.3 is 0 Å². The summed E-state index contributed by atoms with van der Waals surface area (Å²) in [6.45, 7) is 3.40. The van der Waals surface area contributed by atoms with E-state index in [1.165, 1.54) is 6.92 Å². The highest BCUT2D eigenvalue weighted by Gasteiger charge is 2.04. The van der Waals surface area contributed by atoms with Gasteiger partial charge in [0.2, 0.25) is 5.91 Å². The zero-order valence-corrected chi connectivity index (χ0v) is 12.6. The Bertz CT molecular complexity index is 606. The highest BCUT2D eigenvalue weighted by molar-refractivity contribution is 5.94. The molecule has 0 aliphatic carbocycles. The normalized spacial score (nSPS) is 10.2. The molecule has 1 aromatic carbocycles. The van der Waals surface area contributed by atoms with Crippen molar-refractivity contribution in [1.82, 2.24) is 20.2 Å². The van der Waals surface area contributed by atoms with Crippen molar-refractivity contribution in [3.8, 4) is 0 Å². The van der Waals surface area contributed by atoms with Crippen LogP contribution in [0.3, 0.4) is 0 Å². The fraction of sp³-hybridized carbons (Fsp3) is 0.312. The molecule has 0 saturated carbocycles. The standard InChI is InChI=1S/C16H20N4O2/c1-13(21)19-11-14-3-5-15(6-4-14)16(22)18-7-2-9-20-10-8-17-12-20/h3-6,8,10,12H,2,7,9,11H2,1H3,(H,18,22)(H,19,21). The first-order valence-corrected chi connectivity index (χ1v) is 7.22. The highest BCUT2D eigenvalue weighted by Crippen LogP contribution is 2.04. The average Bonchev–Trinajstić information content (AvgIpc) is 3.03. The van der Waals surface area contributed by atoms with E-state index in [2.05, 4.69) is 15.6 Å². The number of carbonyl (C=O) groups is 2. The van der Waals surface area contributed by atoms with Gasteiger partial charge in [-0.1, -0.05) is 12.1 Å². The number of nitrogens with zero attached hydrogens (tertiary/aromatic N) is 2. The minimum absolute atomic E-state index is 0.0697. The summed E-state index contributed by atoms with van der Waals surface area (Å²) < 4.78 is 1.98. The van der Waals surface area contributed by atoms with Crippen molar-refractivity contribution < 1.29 is 9.59 Å². The number of hydrogen-bond donors (Lipinski definition) is 2. The molecule has 116 valence electrons. The molecule has 2 N–H and O–H groups in total. The summed E-state index contributed by atoms with van der Waals surface area (Å²) in [7, 11) is 0. The number of benzene rings is 1. The highest BCUT2D eigenvalue weighted by atomic mass is 16.2. The van der Waals surface area contributed by atoms with Crippen molar-refractivity contribution >= 4 is 11.8 Å². The predicted octanol–water partition coefficient (Wildman–Crippen LogP) is 1.34. The monoisotopic (exact) mass is 300 g/mol. The van der Waals surface area contributed by atoms with Crippen molar-refractivity contribution in [2.75, 3.05) is 6.54 Å². The SMILES string of the molecule is CC(=O)NCc1ccc(C(=O)NCCCn2ccnc2)cc1. The van der Waals surface area contributed by atoms with E-state index in [9.17, 15) is 9.59 Å². The topological polar surface area (TPSA) is 76.0 Å². The molecule has 2 amide bonds. The predicted molar refractivity (Wildman–Crippen MR) is 83.1 cm³/mol. The molecule has 0 unspecified atom stereocenters. The van der Waals surface area contributed by atoms with E-state index in [0.717, 1.165) is 18.5 Å². The average molecular weight is 300 g/mol. The molecule has 0 aliphatic rings. The molecule has 2 aromatic rings. The summed E-state index contributed by atoms with van der Waals surface area (Å²) in [5, 5.41) is 5.61. The first kappa shape index (κ1) is 15.8. The third kappa shape index (κ3) is 5.05. The molecular weight excluding hydrogens is 280 g/mol. The fourth-order valence-electron chi connectivity index (χ4n) is 1.99. The summed E-state index contributed by atoms with van der Waals surface area (Å²) in [4.78, 5) is 26.8. The number of hydrogen-bond acceptors (Lipinski definition) is 3. The molecule has 0 atom stereocenters. The van der Waals surface area contributed by atoms with Gasteiger partial charge in [0.15, 0.2) is 0 Å². The van der Waals surface area contributed by atoms with Crippen molar-refractivity contribution in [3.63, 3.8) is 0 Å². The second-order valence-corrected chi connectivity index (χ2v) is 5.02. The third-order valence-electron chi connectivity index (χ3n) is 3.20. The Kier molecular flexibility index (Phi) is 5.71. The van der Waals surface area contributed by atoms with Crippen molar-refractivity contribution in [2.24, 2.45) is 0 Å². The minimum Gasteiger partial charge on any atom is -0.352 e. The van der Waals surface area contributed by atoms with E-state index in [1.807, 2.05) is 22.9 Å². The Hall–Kier alpha value is -2.63. The molecule has 2 rings (SSSR count). The second-order valence-electron chi connectivity index (χ2n) is 5.02. The number of amides is 2. The van der Waals surface area contributed by atoms with E-state index < -0.39 is 0 Å². The largest absolute Gasteiger partial charge is 0.352 e. The van der Waals surface area contributed by atoms with Crippen molar-refractivity contribution in [2.45, 2.75) is 26.4 Å². The van der Waals surface area contributed by atoms with Crippen LogP contribution in [-0.2, 0) is 17.9 Å². The van der Waals surface area contributed by atoms with Gasteiger partial charge < -0.3 is 15.2 Å². The number of imidazole rings is 1. The van der Waals surface area contributed by atoms with Crippen molar-refractivity contribution in [3.05, 3.63) is 54.1 Å². The van der Waals surface area contributed by atoms with Gasteiger partial charge in [-0.2, -0.15) is 0 Å². The van der Waals surface area contributed by atoms with Crippen LogP contribution in [0.25, 0.3) is 0 Å². The van der Waals surface area contributed by atoms with E-state index in [4.69, 9.17) is 0 Å². The number of aromatic nitrogens is 2. The lowest BCUT2D eigenvalue weighted by molar-refractivity contribution is -0.119. The van der Waals surface area contributed by atoms with Crippen molar-refractivity contribution in [1.29, 1.82) is 0 Å². The molecule has 0 bridgehead atoms. The van der Waals surface area contributed by atoms with Gasteiger partial charge in [-0.3, -0.25) is 9.59 Å². The zero-order chi connectivity index (χ0) is 15.8. The number of carbonyl (C=O) groups excluding carboxylic acids is 2. The van der Waals surface area contributed by atoms with Crippen LogP contribution in [0.1, 0.15) is 29.3 Å². The van der Waals surface area contributed by atoms with Gasteiger partial charge in [0.1, 0.15) is 0 Å². The molecule has 0 aliphatic heterocycles. The quantitative estimate of drug-likeness (QED) is 0.758. The number of aryl methyl sites for hydroxylation is 1. The maximum atomic E-state index is 12.0. The molecule has 0 spiro atoms. The van der Waals surface area contributed by atoms with E-state index in [-0.39, 0.29) is 11.8 Å². The summed E-state index contributed by atoms with van der Waals surface area (Å²) in [5.41, 5.74) is 1.58. The molecule has 0 fully saturated rings. The Morgan fingerprint density at radius 1 is 1.18 bits per heavy atom. The zero-order valence-electron chi connectivity index (χ0n) is 12.6. The summed E-state index contributed by atoms with van der Waals surface area (Å²) in [5.74, 6) is -0.156. The maximum absolute atomic E-state index is 12.0. The molecular formula is C16H20N4O2. The van der Waals surface area contributed by atoms with Crippen LogP contribution in [0.5, 0.6) is 0 Å². The smallest absolute Gasteiger partial charge is 0.251 e. The Morgan fingerprint density at radius 3 is 2.59 bits per heavy atom. The van der Waals surface area contributed by atoms with Gasteiger partial charge in [-0.15, -0.1) is 0 Å². The van der Waals surface area contributed by atoms with Gasteiger partial charge in [-0.05, 0) is 24.1 Å².